The smallest absolute Gasteiger partial charge is 0.150 e. The molecule has 1 saturated carbocycles. The SMILES string of the molecule is CS(=O)(=O)C1CCCC(C(N)c2cnsn2)C1. The quantitative estimate of drug-likeness (QED) is 0.894. The van der Waals surface area contributed by atoms with Crippen LogP contribution in [-0.2, 0) is 9.84 Å². The molecular formula is C10H17N3O2S2. The van der Waals surface area contributed by atoms with E-state index in [4.69, 9.17) is 5.73 Å². The highest BCUT2D eigenvalue weighted by Crippen LogP contribution is 2.35. The number of rotatable bonds is 3. The van der Waals surface area contributed by atoms with Crippen LogP contribution in [0.3, 0.4) is 0 Å². The lowest BCUT2D eigenvalue weighted by atomic mass is 9.83. The number of aromatic nitrogens is 2. The third-order valence-electron chi connectivity index (χ3n) is 3.50. The molecule has 96 valence electrons. The fourth-order valence-electron chi connectivity index (χ4n) is 2.46. The first kappa shape index (κ1) is 12.9. The van der Waals surface area contributed by atoms with Crippen molar-refractivity contribution in [3.63, 3.8) is 0 Å². The van der Waals surface area contributed by atoms with Crippen LogP contribution in [0.4, 0.5) is 0 Å². The van der Waals surface area contributed by atoms with Gasteiger partial charge in [0.15, 0.2) is 0 Å². The van der Waals surface area contributed by atoms with Crippen LogP contribution in [0.2, 0.25) is 0 Å². The molecule has 3 atom stereocenters. The fourth-order valence-corrected chi connectivity index (χ4v) is 4.11. The fraction of sp³-hybridized carbons (Fsp3) is 0.800. The maximum atomic E-state index is 11.6. The first-order chi connectivity index (χ1) is 7.98. The molecule has 1 aliphatic rings. The molecule has 5 nitrogen and oxygen atoms in total. The highest BCUT2D eigenvalue weighted by molar-refractivity contribution is 7.91. The van der Waals surface area contributed by atoms with Gasteiger partial charge < -0.3 is 5.73 Å². The Kier molecular flexibility index (Phi) is 3.79. The molecule has 0 radical (unpaired) electrons. The van der Waals surface area contributed by atoms with Crippen molar-refractivity contribution in [2.45, 2.75) is 37.0 Å². The van der Waals surface area contributed by atoms with Crippen molar-refractivity contribution < 1.29 is 8.42 Å². The van der Waals surface area contributed by atoms with Gasteiger partial charge in [-0.15, -0.1) is 0 Å². The molecule has 2 N–H and O–H groups in total. The molecule has 0 aliphatic heterocycles. The Balaban J connectivity index is 2.07. The zero-order valence-electron chi connectivity index (χ0n) is 9.74. The number of sulfone groups is 1. The first-order valence-corrected chi connectivity index (χ1v) is 8.39. The van der Waals surface area contributed by atoms with Crippen molar-refractivity contribution in [2.24, 2.45) is 11.7 Å². The Morgan fingerprint density at radius 2 is 2.29 bits per heavy atom. The summed E-state index contributed by atoms with van der Waals surface area (Å²) >= 11 is 1.14. The van der Waals surface area contributed by atoms with Crippen LogP contribution in [0, 0.1) is 5.92 Å². The van der Waals surface area contributed by atoms with E-state index in [1.54, 1.807) is 6.20 Å². The Morgan fingerprint density at radius 3 is 2.88 bits per heavy atom. The van der Waals surface area contributed by atoms with Gasteiger partial charge in [0, 0.05) is 6.26 Å². The van der Waals surface area contributed by atoms with Crippen molar-refractivity contribution in [3.8, 4) is 0 Å². The molecule has 1 fully saturated rings. The third kappa shape index (κ3) is 3.02. The number of nitrogens with zero attached hydrogens (tertiary/aromatic N) is 2. The summed E-state index contributed by atoms with van der Waals surface area (Å²) < 4.78 is 31.2. The summed E-state index contributed by atoms with van der Waals surface area (Å²) in [7, 11) is -2.95. The molecule has 17 heavy (non-hydrogen) atoms. The van der Waals surface area contributed by atoms with Crippen molar-refractivity contribution in [1.29, 1.82) is 0 Å². The van der Waals surface area contributed by atoms with Crippen LogP contribution in [-0.4, -0.2) is 28.7 Å². The van der Waals surface area contributed by atoms with Gasteiger partial charge in [0.1, 0.15) is 9.84 Å². The molecule has 7 heteroatoms. The maximum Gasteiger partial charge on any atom is 0.150 e. The number of hydrogen-bond donors (Lipinski definition) is 1. The number of hydrogen-bond acceptors (Lipinski definition) is 6. The maximum absolute atomic E-state index is 11.6. The summed E-state index contributed by atoms with van der Waals surface area (Å²) in [6.07, 6.45) is 6.31. The lowest BCUT2D eigenvalue weighted by Gasteiger charge is -2.31. The van der Waals surface area contributed by atoms with Gasteiger partial charge >= 0.3 is 0 Å². The third-order valence-corrected chi connectivity index (χ3v) is 5.63. The molecule has 1 aromatic heterocycles. The minimum atomic E-state index is -2.95. The van der Waals surface area contributed by atoms with Crippen molar-refractivity contribution in [3.05, 3.63) is 11.9 Å². The van der Waals surface area contributed by atoms with E-state index in [0.717, 1.165) is 36.7 Å². The molecule has 0 aromatic carbocycles. The molecule has 3 unspecified atom stereocenters. The molecular weight excluding hydrogens is 258 g/mol. The second-order valence-electron chi connectivity index (χ2n) is 4.74. The standard InChI is InChI=1S/C10H17N3O2S2/c1-17(14,15)8-4-2-3-7(5-8)10(11)9-6-12-16-13-9/h6-8,10H,2-5,11H2,1H3. The lowest BCUT2D eigenvalue weighted by Crippen LogP contribution is -2.33. The zero-order chi connectivity index (χ0) is 12.5. The van der Waals surface area contributed by atoms with Crippen LogP contribution < -0.4 is 5.73 Å². The monoisotopic (exact) mass is 275 g/mol. The van der Waals surface area contributed by atoms with E-state index in [9.17, 15) is 8.42 Å². The predicted molar refractivity (Wildman–Crippen MR) is 67.4 cm³/mol. The van der Waals surface area contributed by atoms with Crippen molar-refractivity contribution in [1.82, 2.24) is 8.75 Å². The van der Waals surface area contributed by atoms with Crippen LogP contribution in [0.15, 0.2) is 6.20 Å². The van der Waals surface area contributed by atoms with Gasteiger partial charge in [0.2, 0.25) is 0 Å². The van der Waals surface area contributed by atoms with Gasteiger partial charge in [-0.05, 0) is 25.2 Å². The van der Waals surface area contributed by atoms with E-state index in [-0.39, 0.29) is 17.2 Å². The lowest BCUT2D eigenvalue weighted by molar-refractivity contribution is 0.306. The highest BCUT2D eigenvalue weighted by atomic mass is 32.2. The van der Waals surface area contributed by atoms with E-state index < -0.39 is 9.84 Å². The first-order valence-electron chi connectivity index (χ1n) is 5.70. The zero-order valence-corrected chi connectivity index (χ0v) is 11.4. The molecule has 0 amide bonds. The molecule has 1 aliphatic carbocycles. The normalized spacial score (nSPS) is 27.9. The van der Waals surface area contributed by atoms with Crippen LogP contribution in [0.25, 0.3) is 0 Å². The molecule has 0 saturated heterocycles. The Morgan fingerprint density at radius 1 is 1.53 bits per heavy atom. The van der Waals surface area contributed by atoms with Gasteiger partial charge in [-0.1, -0.05) is 6.42 Å². The summed E-state index contributed by atoms with van der Waals surface area (Å²) in [5.74, 6) is 0.201. The molecule has 0 bridgehead atoms. The molecule has 1 aromatic rings. The summed E-state index contributed by atoms with van der Waals surface area (Å²) in [5.41, 5.74) is 6.92. The second kappa shape index (κ2) is 4.99. The highest BCUT2D eigenvalue weighted by Gasteiger charge is 2.32. The van der Waals surface area contributed by atoms with Gasteiger partial charge in [-0.25, -0.2) is 8.42 Å². The van der Waals surface area contributed by atoms with E-state index >= 15 is 0 Å². The topological polar surface area (TPSA) is 85.9 Å². The Hall–Kier alpha value is -0.530. The van der Waals surface area contributed by atoms with E-state index in [1.165, 1.54) is 6.26 Å². The van der Waals surface area contributed by atoms with Gasteiger partial charge in [0.25, 0.3) is 0 Å². The molecule has 0 spiro atoms. The van der Waals surface area contributed by atoms with Crippen LogP contribution in [0.5, 0.6) is 0 Å². The second-order valence-corrected chi connectivity index (χ2v) is 7.62. The van der Waals surface area contributed by atoms with Crippen LogP contribution in [0.1, 0.15) is 37.4 Å². The van der Waals surface area contributed by atoms with E-state index in [1.807, 2.05) is 0 Å². The Labute approximate surface area is 106 Å². The molecule has 2 rings (SSSR count). The van der Waals surface area contributed by atoms with Gasteiger partial charge in [-0.2, -0.15) is 8.75 Å². The van der Waals surface area contributed by atoms with E-state index in [0.29, 0.717) is 6.42 Å². The summed E-state index contributed by atoms with van der Waals surface area (Å²) in [4.78, 5) is 0. The van der Waals surface area contributed by atoms with Crippen molar-refractivity contribution >= 4 is 21.6 Å². The Bertz CT molecular complexity index is 458. The summed E-state index contributed by atoms with van der Waals surface area (Å²) in [6.45, 7) is 0. The average molecular weight is 275 g/mol. The average Bonchev–Trinajstić information content (AvgIpc) is 2.80. The molecule has 1 heterocycles. The predicted octanol–water partition coefficient (Wildman–Crippen LogP) is 1.14. The minimum Gasteiger partial charge on any atom is -0.322 e. The minimum absolute atomic E-state index is 0.182. The van der Waals surface area contributed by atoms with Crippen molar-refractivity contribution in [2.75, 3.05) is 6.26 Å². The summed E-state index contributed by atoms with van der Waals surface area (Å²) in [6, 6.07) is -0.182. The van der Waals surface area contributed by atoms with Crippen LogP contribution >= 0.6 is 11.7 Å². The largest absolute Gasteiger partial charge is 0.322 e. The van der Waals surface area contributed by atoms with Gasteiger partial charge in [-0.3, -0.25) is 0 Å². The van der Waals surface area contributed by atoms with E-state index in [2.05, 4.69) is 8.75 Å². The van der Waals surface area contributed by atoms with Gasteiger partial charge in [0.05, 0.1) is 34.9 Å². The summed E-state index contributed by atoms with van der Waals surface area (Å²) in [5, 5.41) is -0.237. The number of nitrogens with two attached hydrogens (primary N) is 1.